The van der Waals surface area contributed by atoms with Crippen molar-refractivity contribution in [1.29, 1.82) is 0 Å². The highest BCUT2D eigenvalue weighted by atomic mass is 14.9. The maximum absolute atomic E-state index is 3.37. The van der Waals surface area contributed by atoms with Crippen LogP contribution < -0.4 is 10.6 Å². The summed E-state index contributed by atoms with van der Waals surface area (Å²) in [5, 5.41) is 6.55. The van der Waals surface area contributed by atoms with Gasteiger partial charge in [0.25, 0.3) is 0 Å². The van der Waals surface area contributed by atoms with Crippen molar-refractivity contribution in [2.45, 2.75) is 25.8 Å². The Morgan fingerprint density at radius 3 is 2.33 bits per heavy atom. The maximum Gasteiger partial charge on any atom is 0.0317 e. The predicted molar refractivity (Wildman–Crippen MR) is 66.1 cm³/mol. The molecule has 2 nitrogen and oxygen atoms in total. The van der Waals surface area contributed by atoms with E-state index in [2.05, 4.69) is 41.8 Å². The van der Waals surface area contributed by atoms with Gasteiger partial charge in [0.2, 0.25) is 0 Å². The van der Waals surface area contributed by atoms with Crippen molar-refractivity contribution in [2.75, 3.05) is 20.6 Å². The Hall–Kier alpha value is -0.860. The van der Waals surface area contributed by atoms with Crippen LogP contribution >= 0.6 is 0 Å². The van der Waals surface area contributed by atoms with Gasteiger partial charge in [-0.1, -0.05) is 29.8 Å². The highest BCUT2D eigenvalue weighted by Crippen LogP contribution is 2.18. The van der Waals surface area contributed by atoms with Gasteiger partial charge in [-0.2, -0.15) is 0 Å². The lowest BCUT2D eigenvalue weighted by Gasteiger charge is -2.16. The fourth-order valence-electron chi connectivity index (χ4n) is 1.76. The third kappa shape index (κ3) is 4.02. The van der Waals surface area contributed by atoms with Gasteiger partial charge in [-0.05, 0) is 46.0 Å². The molecule has 0 bridgehead atoms. The van der Waals surface area contributed by atoms with Gasteiger partial charge in [0.1, 0.15) is 0 Å². The van der Waals surface area contributed by atoms with E-state index in [4.69, 9.17) is 0 Å². The van der Waals surface area contributed by atoms with Crippen LogP contribution in [0.1, 0.15) is 30.0 Å². The molecule has 1 rings (SSSR count). The molecule has 0 radical (unpaired) electrons. The summed E-state index contributed by atoms with van der Waals surface area (Å²) in [6, 6.07) is 9.28. The van der Waals surface area contributed by atoms with Crippen molar-refractivity contribution in [1.82, 2.24) is 10.6 Å². The molecular weight excluding hydrogens is 184 g/mol. The molecule has 0 aliphatic rings. The second-order valence-electron chi connectivity index (χ2n) is 4.00. The number of benzene rings is 1. The summed E-state index contributed by atoms with van der Waals surface area (Å²) in [5.74, 6) is 0. The summed E-state index contributed by atoms with van der Waals surface area (Å²) in [6.07, 6.45) is 2.39. The van der Waals surface area contributed by atoms with Crippen LogP contribution in [-0.2, 0) is 0 Å². The van der Waals surface area contributed by atoms with E-state index in [0.29, 0.717) is 6.04 Å². The Balaban J connectivity index is 2.53. The van der Waals surface area contributed by atoms with Crippen LogP contribution in [0.25, 0.3) is 0 Å². The summed E-state index contributed by atoms with van der Waals surface area (Å²) in [4.78, 5) is 0. The second kappa shape index (κ2) is 6.59. The van der Waals surface area contributed by atoms with E-state index in [9.17, 15) is 0 Å². The van der Waals surface area contributed by atoms with Crippen molar-refractivity contribution < 1.29 is 0 Å². The fourth-order valence-corrected chi connectivity index (χ4v) is 1.76. The van der Waals surface area contributed by atoms with Crippen molar-refractivity contribution in [2.24, 2.45) is 0 Å². The highest BCUT2D eigenvalue weighted by Gasteiger charge is 2.07. The molecule has 2 heteroatoms. The van der Waals surface area contributed by atoms with Crippen LogP contribution in [0.2, 0.25) is 0 Å². The Morgan fingerprint density at radius 2 is 1.80 bits per heavy atom. The van der Waals surface area contributed by atoms with Gasteiger partial charge in [0.15, 0.2) is 0 Å². The van der Waals surface area contributed by atoms with Crippen LogP contribution in [0.15, 0.2) is 24.3 Å². The Morgan fingerprint density at radius 1 is 1.13 bits per heavy atom. The number of nitrogens with one attached hydrogen (secondary N) is 2. The standard InChI is InChI=1S/C13H22N2/c1-11-6-8-12(9-7-11)13(15-3)5-4-10-14-2/h6-9,13-15H,4-5,10H2,1-3H3. The number of hydrogen-bond acceptors (Lipinski definition) is 2. The molecular formula is C13H22N2. The zero-order valence-corrected chi connectivity index (χ0v) is 10.0. The van der Waals surface area contributed by atoms with Crippen molar-refractivity contribution >= 4 is 0 Å². The first-order chi connectivity index (χ1) is 7.27. The molecule has 0 aromatic heterocycles. The van der Waals surface area contributed by atoms with E-state index in [1.54, 1.807) is 0 Å². The number of aryl methyl sites for hydroxylation is 1. The van der Waals surface area contributed by atoms with E-state index >= 15 is 0 Å². The van der Waals surface area contributed by atoms with Gasteiger partial charge < -0.3 is 10.6 Å². The first-order valence-electron chi connectivity index (χ1n) is 5.66. The Kier molecular flexibility index (Phi) is 5.37. The maximum atomic E-state index is 3.37. The minimum Gasteiger partial charge on any atom is -0.320 e. The largest absolute Gasteiger partial charge is 0.320 e. The van der Waals surface area contributed by atoms with Gasteiger partial charge in [0.05, 0.1) is 0 Å². The van der Waals surface area contributed by atoms with Crippen LogP contribution in [0, 0.1) is 6.92 Å². The summed E-state index contributed by atoms with van der Waals surface area (Å²) >= 11 is 0. The van der Waals surface area contributed by atoms with Gasteiger partial charge in [-0.3, -0.25) is 0 Å². The van der Waals surface area contributed by atoms with Crippen LogP contribution in [0.4, 0.5) is 0 Å². The minimum atomic E-state index is 0.485. The molecule has 0 fully saturated rings. The summed E-state index contributed by atoms with van der Waals surface area (Å²) < 4.78 is 0. The summed E-state index contributed by atoms with van der Waals surface area (Å²) in [7, 11) is 4.03. The monoisotopic (exact) mass is 206 g/mol. The van der Waals surface area contributed by atoms with Crippen molar-refractivity contribution in [3.05, 3.63) is 35.4 Å². The zero-order chi connectivity index (χ0) is 11.1. The highest BCUT2D eigenvalue weighted by molar-refractivity contribution is 5.23. The smallest absolute Gasteiger partial charge is 0.0317 e. The lowest BCUT2D eigenvalue weighted by molar-refractivity contribution is 0.518. The molecule has 1 atom stereocenters. The van der Waals surface area contributed by atoms with E-state index in [0.717, 1.165) is 6.54 Å². The molecule has 0 saturated carbocycles. The summed E-state index contributed by atoms with van der Waals surface area (Å²) in [5.41, 5.74) is 2.71. The Bertz CT molecular complexity index is 266. The molecule has 0 aliphatic carbocycles. The third-order valence-electron chi connectivity index (χ3n) is 2.75. The average Bonchev–Trinajstić information content (AvgIpc) is 2.26. The van der Waals surface area contributed by atoms with E-state index in [1.165, 1.54) is 24.0 Å². The SMILES string of the molecule is CNCCCC(NC)c1ccc(C)cc1. The molecule has 84 valence electrons. The van der Waals surface area contributed by atoms with Crippen LogP contribution in [0.5, 0.6) is 0 Å². The normalized spacial score (nSPS) is 12.7. The molecule has 15 heavy (non-hydrogen) atoms. The molecule has 2 N–H and O–H groups in total. The lowest BCUT2D eigenvalue weighted by Crippen LogP contribution is -2.18. The first-order valence-corrected chi connectivity index (χ1v) is 5.66. The zero-order valence-electron chi connectivity index (χ0n) is 10.0. The molecule has 1 aromatic carbocycles. The van der Waals surface area contributed by atoms with Gasteiger partial charge in [-0.25, -0.2) is 0 Å². The predicted octanol–water partition coefficient (Wildman–Crippen LogP) is 2.26. The molecule has 0 aliphatic heterocycles. The van der Waals surface area contributed by atoms with E-state index in [1.807, 2.05) is 14.1 Å². The first kappa shape index (κ1) is 12.2. The molecule has 1 aromatic rings. The van der Waals surface area contributed by atoms with Crippen LogP contribution in [-0.4, -0.2) is 20.6 Å². The van der Waals surface area contributed by atoms with Gasteiger partial charge in [0, 0.05) is 6.04 Å². The quantitative estimate of drug-likeness (QED) is 0.698. The molecule has 0 heterocycles. The Labute approximate surface area is 93.1 Å². The van der Waals surface area contributed by atoms with Gasteiger partial charge >= 0.3 is 0 Å². The third-order valence-corrected chi connectivity index (χ3v) is 2.75. The number of hydrogen-bond donors (Lipinski definition) is 2. The lowest BCUT2D eigenvalue weighted by atomic mass is 10.0. The molecule has 0 saturated heterocycles. The molecule has 0 amide bonds. The van der Waals surface area contributed by atoms with Crippen molar-refractivity contribution in [3.8, 4) is 0 Å². The van der Waals surface area contributed by atoms with Crippen molar-refractivity contribution in [3.63, 3.8) is 0 Å². The minimum absolute atomic E-state index is 0.485. The summed E-state index contributed by atoms with van der Waals surface area (Å²) in [6.45, 7) is 3.21. The molecule has 1 unspecified atom stereocenters. The van der Waals surface area contributed by atoms with E-state index in [-0.39, 0.29) is 0 Å². The van der Waals surface area contributed by atoms with Gasteiger partial charge in [-0.15, -0.1) is 0 Å². The fraction of sp³-hybridized carbons (Fsp3) is 0.538. The second-order valence-corrected chi connectivity index (χ2v) is 4.00. The topological polar surface area (TPSA) is 24.1 Å². The van der Waals surface area contributed by atoms with Crippen LogP contribution in [0.3, 0.4) is 0 Å². The average molecular weight is 206 g/mol. The number of rotatable bonds is 6. The van der Waals surface area contributed by atoms with E-state index < -0.39 is 0 Å². The molecule has 0 spiro atoms.